The van der Waals surface area contributed by atoms with E-state index in [4.69, 9.17) is 0 Å². The third-order valence-electron chi connectivity index (χ3n) is 2.51. The van der Waals surface area contributed by atoms with E-state index in [9.17, 15) is 0 Å². The van der Waals surface area contributed by atoms with Crippen molar-refractivity contribution >= 4 is 11.8 Å². The van der Waals surface area contributed by atoms with Crippen molar-refractivity contribution in [3.05, 3.63) is 17.7 Å². The summed E-state index contributed by atoms with van der Waals surface area (Å²) in [7, 11) is 1.95. The number of aryl methyl sites for hydroxylation is 1. The van der Waals surface area contributed by atoms with E-state index in [1.807, 2.05) is 25.1 Å². The Hall–Kier alpha value is -0.520. The third-order valence-corrected chi connectivity index (χ3v) is 3.48. The summed E-state index contributed by atoms with van der Waals surface area (Å²) in [5, 5.41) is 6.36. The maximum absolute atomic E-state index is 4.43. The van der Waals surface area contributed by atoms with Crippen LogP contribution in [0.15, 0.2) is 6.33 Å². The van der Waals surface area contributed by atoms with Gasteiger partial charge in [0.1, 0.15) is 0 Å². The number of hydrogen-bond acceptors (Lipinski definition) is 4. The number of imidazole rings is 1. The fourth-order valence-electron chi connectivity index (χ4n) is 1.47. The fraction of sp³-hybridized carbons (Fsp3) is 0.727. The molecule has 1 aromatic rings. The molecule has 0 saturated heterocycles. The summed E-state index contributed by atoms with van der Waals surface area (Å²) >= 11 is 1.93. The molecule has 0 aliphatic heterocycles. The topological polar surface area (TPSA) is 41.9 Å². The van der Waals surface area contributed by atoms with Crippen molar-refractivity contribution in [2.24, 2.45) is 0 Å². The average Bonchev–Trinajstić information content (AvgIpc) is 2.65. The molecule has 16 heavy (non-hydrogen) atoms. The Labute approximate surface area is 102 Å². The maximum Gasteiger partial charge on any atom is 0.0951 e. The lowest BCUT2D eigenvalue weighted by Crippen LogP contribution is -2.27. The van der Waals surface area contributed by atoms with Crippen LogP contribution in [0.4, 0.5) is 0 Å². The van der Waals surface area contributed by atoms with E-state index in [2.05, 4.69) is 34.0 Å². The SMILES string of the molecule is CCn1cnc(CSCCNCNC)c1C. The molecule has 92 valence electrons. The van der Waals surface area contributed by atoms with Gasteiger partial charge in [0.25, 0.3) is 0 Å². The molecule has 2 N–H and O–H groups in total. The average molecular weight is 242 g/mol. The molecule has 0 atom stereocenters. The first kappa shape index (κ1) is 13.5. The summed E-state index contributed by atoms with van der Waals surface area (Å²) in [4.78, 5) is 4.43. The van der Waals surface area contributed by atoms with E-state index in [0.717, 1.165) is 31.3 Å². The molecule has 5 heteroatoms. The summed E-state index contributed by atoms with van der Waals surface area (Å²) in [6.45, 7) is 7.22. The fourth-order valence-corrected chi connectivity index (χ4v) is 2.38. The van der Waals surface area contributed by atoms with Crippen molar-refractivity contribution in [3.8, 4) is 0 Å². The number of nitrogens with one attached hydrogen (secondary N) is 2. The number of nitrogens with zero attached hydrogens (tertiary/aromatic N) is 2. The van der Waals surface area contributed by atoms with Crippen LogP contribution >= 0.6 is 11.8 Å². The molecule has 0 bridgehead atoms. The van der Waals surface area contributed by atoms with E-state index in [1.54, 1.807) is 0 Å². The second kappa shape index (κ2) is 7.70. The van der Waals surface area contributed by atoms with Crippen LogP contribution in [0, 0.1) is 6.92 Å². The molecule has 0 unspecified atom stereocenters. The van der Waals surface area contributed by atoms with Gasteiger partial charge in [-0.3, -0.25) is 0 Å². The smallest absolute Gasteiger partial charge is 0.0951 e. The second-order valence-electron chi connectivity index (χ2n) is 3.65. The van der Waals surface area contributed by atoms with Gasteiger partial charge < -0.3 is 15.2 Å². The number of aromatic nitrogens is 2. The molecule has 0 amide bonds. The highest BCUT2D eigenvalue weighted by atomic mass is 32.2. The molecule has 0 aliphatic carbocycles. The standard InChI is InChI=1S/C11H22N4S/c1-4-15-9-14-11(10(15)2)7-16-6-5-13-8-12-3/h9,12-13H,4-8H2,1-3H3. The van der Waals surface area contributed by atoms with Crippen LogP contribution in [0.3, 0.4) is 0 Å². The Kier molecular flexibility index (Phi) is 6.52. The van der Waals surface area contributed by atoms with E-state index in [1.165, 1.54) is 11.4 Å². The Morgan fingerprint density at radius 3 is 2.94 bits per heavy atom. The van der Waals surface area contributed by atoms with Crippen molar-refractivity contribution in [3.63, 3.8) is 0 Å². The molecule has 0 aliphatic rings. The first-order valence-corrected chi connectivity index (χ1v) is 6.88. The van der Waals surface area contributed by atoms with Crippen molar-refractivity contribution in [1.29, 1.82) is 0 Å². The Balaban J connectivity index is 2.19. The number of rotatable bonds is 8. The van der Waals surface area contributed by atoms with Gasteiger partial charge in [-0.05, 0) is 20.9 Å². The lowest BCUT2D eigenvalue weighted by Gasteiger charge is -2.04. The molecule has 4 nitrogen and oxygen atoms in total. The van der Waals surface area contributed by atoms with Crippen LogP contribution < -0.4 is 10.6 Å². The van der Waals surface area contributed by atoms with Gasteiger partial charge in [0, 0.05) is 37.0 Å². The van der Waals surface area contributed by atoms with Crippen molar-refractivity contribution in [2.75, 3.05) is 26.0 Å². The monoisotopic (exact) mass is 242 g/mol. The third kappa shape index (κ3) is 4.15. The van der Waals surface area contributed by atoms with Gasteiger partial charge in [0.2, 0.25) is 0 Å². The largest absolute Gasteiger partial charge is 0.335 e. The van der Waals surface area contributed by atoms with E-state index in [-0.39, 0.29) is 0 Å². The minimum absolute atomic E-state index is 0.879. The Bertz CT molecular complexity index is 298. The number of hydrogen-bond donors (Lipinski definition) is 2. The first-order valence-electron chi connectivity index (χ1n) is 5.73. The van der Waals surface area contributed by atoms with Gasteiger partial charge in [-0.15, -0.1) is 0 Å². The first-order chi connectivity index (χ1) is 7.79. The Morgan fingerprint density at radius 1 is 1.50 bits per heavy atom. The molecule has 0 spiro atoms. The highest BCUT2D eigenvalue weighted by Crippen LogP contribution is 2.14. The van der Waals surface area contributed by atoms with Gasteiger partial charge in [0.05, 0.1) is 12.0 Å². The second-order valence-corrected chi connectivity index (χ2v) is 4.75. The van der Waals surface area contributed by atoms with Crippen LogP contribution in [0.5, 0.6) is 0 Å². The summed E-state index contributed by atoms with van der Waals surface area (Å²) in [6.07, 6.45) is 1.93. The van der Waals surface area contributed by atoms with Crippen LogP contribution in [0.1, 0.15) is 18.3 Å². The highest BCUT2D eigenvalue weighted by Gasteiger charge is 2.04. The van der Waals surface area contributed by atoms with Gasteiger partial charge in [-0.25, -0.2) is 4.98 Å². The lowest BCUT2D eigenvalue weighted by atomic mass is 10.4. The molecule has 1 rings (SSSR count). The quantitative estimate of drug-likeness (QED) is 0.531. The molecule has 0 saturated carbocycles. The van der Waals surface area contributed by atoms with Gasteiger partial charge in [-0.1, -0.05) is 0 Å². The zero-order valence-electron chi connectivity index (χ0n) is 10.4. The van der Waals surface area contributed by atoms with Crippen molar-refractivity contribution in [1.82, 2.24) is 20.2 Å². The van der Waals surface area contributed by atoms with Gasteiger partial charge in [-0.2, -0.15) is 11.8 Å². The molecular formula is C11H22N4S. The van der Waals surface area contributed by atoms with Crippen LogP contribution in [0.25, 0.3) is 0 Å². The van der Waals surface area contributed by atoms with Crippen LogP contribution in [-0.4, -0.2) is 35.6 Å². The highest BCUT2D eigenvalue weighted by molar-refractivity contribution is 7.98. The van der Waals surface area contributed by atoms with Crippen LogP contribution in [0.2, 0.25) is 0 Å². The minimum Gasteiger partial charge on any atom is -0.335 e. The molecule has 1 heterocycles. The zero-order chi connectivity index (χ0) is 11.8. The minimum atomic E-state index is 0.879. The molecule has 0 fully saturated rings. The normalized spacial score (nSPS) is 10.9. The predicted molar refractivity (Wildman–Crippen MR) is 70.7 cm³/mol. The predicted octanol–water partition coefficient (Wildman–Crippen LogP) is 1.21. The Morgan fingerprint density at radius 2 is 2.31 bits per heavy atom. The lowest BCUT2D eigenvalue weighted by molar-refractivity contribution is 0.658. The van der Waals surface area contributed by atoms with Gasteiger partial charge in [0.15, 0.2) is 0 Å². The zero-order valence-corrected chi connectivity index (χ0v) is 11.2. The molecule has 0 radical (unpaired) electrons. The van der Waals surface area contributed by atoms with Crippen molar-refractivity contribution < 1.29 is 0 Å². The summed E-state index contributed by atoms with van der Waals surface area (Å²) < 4.78 is 2.19. The van der Waals surface area contributed by atoms with Crippen molar-refractivity contribution in [2.45, 2.75) is 26.1 Å². The molecular weight excluding hydrogens is 220 g/mol. The van der Waals surface area contributed by atoms with Crippen LogP contribution in [-0.2, 0) is 12.3 Å². The summed E-state index contributed by atoms with van der Waals surface area (Å²) in [5.41, 5.74) is 2.53. The van der Waals surface area contributed by atoms with E-state index >= 15 is 0 Å². The van der Waals surface area contributed by atoms with Gasteiger partial charge >= 0.3 is 0 Å². The summed E-state index contributed by atoms with van der Waals surface area (Å²) in [5.74, 6) is 2.14. The summed E-state index contributed by atoms with van der Waals surface area (Å²) in [6, 6.07) is 0. The van der Waals surface area contributed by atoms with E-state index in [0.29, 0.717) is 0 Å². The maximum atomic E-state index is 4.43. The molecule has 0 aromatic carbocycles. The number of thioether (sulfide) groups is 1. The van der Waals surface area contributed by atoms with E-state index < -0.39 is 0 Å². The molecule has 1 aromatic heterocycles.